The van der Waals surface area contributed by atoms with Crippen LogP contribution in [-0.4, -0.2) is 33.9 Å². The molecule has 0 atom stereocenters. The van der Waals surface area contributed by atoms with Crippen molar-refractivity contribution in [2.45, 2.75) is 33.6 Å². The molecule has 1 aromatic carbocycles. The Hall–Kier alpha value is -3.06. The molecule has 1 N–H and O–H groups in total. The number of anilines is 2. The number of fused-ring (bicyclic) bond motifs is 2. The number of benzene rings is 1. The molecule has 158 valence electrons. The number of amides is 1. The molecule has 0 aliphatic carbocycles. The zero-order valence-electron chi connectivity index (χ0n) is 18.0. The fourth-order valence-electron chi connectivity index (χ4n) is 4.21. The van der Waals surface area contributed by atoms with Crippen molar-refractivity contribution in [2.75, 3.05) is 23.3 Å². The summed E-state index contributed by atoms with van der Waals surface area (Å²) in [6.07, 6.45) is 4.03. The molecule has 3 aromatic heterocycles. The largest absolute Gasteiger partial charge is 0.356 e. The van der Waals surface area contributed by atoms with Gasteiger partial charge in [-0.25, -0.2) is 9.97 Å². The quantitative estimate of drug-likeness (QED) is 0.474. The van der Waals surface area contributed by atoms with E-state index in [4.69, 9.17) is 4.98 Å². The van der Waals surface area contributed by atoms with Crippen LogP contribution in [0.2, 0.25) is 0 Å². The van der Waals surface area contributed by atoms with Crippen molar-refractivity contribution in [3.8, 4) is 0 Å². The van der Waals surface area contributed by atoms with Gasteiger partial charge >= 0.3 is 0 Å². The maximum absolute atomic E-state index is 13.2. The van der Waals surface area contributed by atoms with Gasteiger partial charge in [0.05, 0.1) is 27.7 Å². The van der Waals surface area contributed by atoms with E-state index in [1.807, 2.05) is 44.2 Å². The standard InChI is InChI=1S/C24H25N5OS/c1-14-8-10-29(11-9-14)22-20-15(2)21(31-24(20)27-16(3)26-22)23(30)28-18-12-17-6-4-5-7-19(17)25-13-18/h4-7,12-14H,8-11H2,1-3H3,(H,28,30). The first kappa shape index (κ1) is 19.9. The van der Waals surface area contributed by atoms with E-state index < -0.39 is 0 Å². The third-order valence-electron chi connectivity index (χ3n) is 6.02. The van der Waals surface area contributed by atoms with E-state index in [-0.39, 0.29) is 5.91 Å². The monoisotopic (exact) mass is 431 g/mol. The first-order chi connectivity index (χ1) is 15.0. The van der Waals surface area contributed by atoms with Crippen LogP contribution in [0, 0.1) is 19.8 Å². The summed E-state index contributed by atoms with van der Waals surface area (Å²) in [5.41, 5.74) is 2.54. The number of hydrogen-bond donors (Lipinski definition) is 1. The van der Waals surface area contributed by atoms with Gasteiger partial charge in [0.1, 0.15) is 16.5 Å². The molecule has 1 aliphatic heterocycles. The third kappa shape index (κ3) is 3.74. The number of carbonyl (C=O) groups excluding carboxylic acids is 1. The molecule has 1 amide bonds. The molecule has 5 rings (SSSR count). The number of piperidine rings is 1. The van der Waals surface area contributed by atoms with Crippen molar-refractivity contribution in [3.05, 3.63) is 52.8 Å². The summed E-state index contributed by atoms with van der Waals surface area (Å²) in [5, 5.41) is 5.02. The van der Waals surface area contributed by atoms with E-state index in [1.54, 1.807) is 6.20 Å². The molecule has 1 saturated heterocycles. The van der Waals surface area contributed by atoms with Gasteiger partial charge in [0.2, 0.25) is 0 Å². The Morgan fingerprint density at radius 1 is 1.16 bits per heavy atom. The molecule has 1 aliphatic rings. The SMILES string of the molecule is Cc1nc(N2CCC(C)CC2)c2c(C)c(C(=O)Nc3cnc4ccccc4c3)sc2n1. The van der Waals surface area contributed by atoms with E-state index in [9.17, 15) is 4.79 Å². The summed E-state index contributed by atoms with van der Waals surface area (Å²) in [7, 11) is 0. The van der Waals surface area contributed by atoms with Crippen LogP contribution in [0.25, 0.3) is 21.1 Å². The molecule has 0 unspecified atom stereocenters. The molecule has 4 aromatic rings. The minimum Gasteiger partial charge on any atom is -0.356 e. The average Bonchev–Trinajstić information content (AvgIpc) is 3.10. The topological polar surface area (TPSA) is 71.0 Å². The van der Waals surface area contributed by atoms with Crippen LogP contribution in [0.3, 0.4) is 0 Å². The van der Waals surface area contributed by atoms with Crippen LogP contribution in [0.1, 0.15) is 40.8 Å². The Bertz CT molecular complexity index is 1290. The summed E-state index contributed by atoms with van der Waals surface area (Å²) in [6, 6.07) is 9.83. The van der Waals surface area contributed by atoms with Crippen LogP contribution < -0.4 is 10.2 Å². The van der Waals surface area contributed by atoms with Crippen LogP contribution in [0.4, 0.5) is 11.5 Å². The zero-order valence-corrected chi connectivity index (χ0v) is 18.8. The smallest absolute Gasteiger partial charge is 0.266 e. The van der Waals surface area contributed by atoms with Crippen molar-refractivity contribution in [1.29, 1.82) is 0 Å². The Morgan fingerprint density at radius 3 is 2.74 bits per heavy atom. The Morgan fingerprint density at radius 2 is 1.94 bits per heavy atom. The minimum absolute atomic E-state index is 0.131. The molecule has 0 saturated carbocycles. The third-order valence-corrected chi connectivity index (χ3v) is 7.21. The van der Waals surface area contributed by atoms with Gasteiger partial charge in [-0.1, -0.05) is 25.1 Å². The molecule has 0 bridgehead atoms. The number of nitrogens with zero attached hydrogens (tertiary/aromatic N) is 4. The molecular weight excluding hydrogens is 406 g/mol. The van der Waals surface area contributed by atoms with E-state index in [0.717, 1.165) is 70.2 Å². The molecule has 0 spiro atoms. The van der Waals surface area contributed by atoms with Crippen LogP contribution in [0.5, 0.6) is 0 Å². The second kappa shape index (κ2) is 7.89. The summed E-state index contributed by atoms with van der Waals surface area (Å²) >= 11 is 1.44. The summed E-state index contributed by atoms with van der Waals surface area (Å²) in [4.78, 5) is 30.9. The van der Waals surface area contributed by atoms with Gasteiger partial charge in [0.25, 0.3) is 5.91 Å². The lowest BCUT2D eigenvalue weighted by Crippen LogP contribution is -2.33. The van der Waals surface area contributed by atoms with Crippen molar-refractivity contribution in [3.63, 3.8) is 0 Å². The Labute approximate surface area is 185 Å². The second-order valence-corrected chi connectivity index (χ2v) is 9.37. The molecule has 0 radical (unpaired) electrons. The van der Waals surface area contributed by atoms with Crippen LogP contribution in [0.15, 0.2) is 36.5 Å². The number of carbonyl (C=O) groups is 1. The van der Waals surface area contributed by atoms with E-state index >= 15 is 0 Å². The van der Waals surface area contributed by atoms with E-state index in [2.05, 4.69) is 27.1 Å². The lowest BCUT2D eigenvalue weighted by Gasteiger charge is -2.31. The first-order valence-corrected chi connectivity index (χ1v) is 11.5. The van der Waals surface area contributed by atoms with Crippen molar-refractivity contribution >= 4 is 49.9 Å². The number of thiophene rings is 1. The van der Waals surface area contributed by atoms with Crippen LogP contribution in [-0.2, 0) is 0 Å². The molecule has 31 heavy (non-hydrogen) atoms. The van der Waals surface area contributed by atoms with Crippen molar-refractivity contribution < 1.29 is 4.79 Å². The van der Waals surface area contributed by atoms with Gasteiger partial charge in [0, 0.05) is 18.5 Å². The lowest BCUT2D eigenvalue weighted by atomic mass is 9.99. The number of pyridine rings is 1. The van der Waals surface area contributed by atoms with Gasteiger partial charge in [-0.3, -0.25) is 9.78 Å². The maximum Gasteiger partial charge on any atom is 0.266 e. The highest BCUT2D eigenvalue weighted by Crippen LogP contribution is 2.37. The van der Waals surface area contributed by atoms with E-state index in [1.165, 1.54) is 11.3 Å². The number of nitrogens with one attached hydrogen (secondary N) is 1. The minimum atomic E-state index is -0.131. The summed E-state index contributed by atoms with van der Waals surface area (Å²) in [6.45, 7) is 8.21. The van der Waals surface area contributed by atoms with E-state index in [0.29, 0.717) is 10.6 Å². The van der Waals surface area contributed by atoms with Gasteiger partial charge in [-0.05, 0) is 50.3 Å². The first-order valence-electron chi connectivity index (χ1n) is 10.7. The number of para-hydroxylation sites is 1. The fourth-order valence-corrected chi connectivity index (χ4v) is 5.33. The fraction of sp³-hybridized carbons (Fsp3) is 0.333. The predicted octanol–water partition coefficient (Wildman–Crippen LogP) is 5.34. The van der Waals surface area contributed by atoms with Crippen molar-refractivity contribution in [1.82, 2.24) is 15.0 Å². The molecular formula is C24H25N5OS. The molecule has 4 heterocycles. The Kier molecular flexibility index (Phi) is 5.06. The highest BCUT2D eigenvalue weighted by Gasteiger charge is 2.25. The van der Waals surface area contributed by atoms with Gasteiger partial charge in [-0.2, -0.15) is 0 Å². The molecule has 1 fully saturated rings. The molecule has 6 nitrogen and oxygen atoms in total. The predicted molar refractivity (Wildman–Crippen MR) is 127 cm³/mol. The summed E-state index contributed by atoms with van der Waals surface area (Å²) in [5.74, 6) is 2.33. The van der Waals surface area contributed by atoms with Crippen LogP contribution >= 0.6 is 11.3 Å². The maximum atomic E-state index is 13.2. The van der Waals surface area contributed by atoms with Crippen molar-refractivity contribution in [2.24, 2.45) is 5.92 Å². The average molecular weight is 432 g/mol. The second-order valence-electron chi connectivity index (χ2n) is 8.37. The summed E-state index contributed by atoms with van der Waals surface area (Å²) < 4.78 is 0. The normalized spacial score (nSPS) is 15.0. The number of hydrogen-bond acceptors (Lipinski definition) is 6. The van der Waals surface area contributed by atoms with Gasteiger partial charge in [-0.15, -0.1) is 11.3 Å². The highest BCUT2D eigenvalue weighted by molar-refractivity contribution is 7.20. The van der Waals surface area contributed by atoms with Gasteiger partial charge < -0.3 is 10.2 Å². The highest BCUT2D eigenvalue weighted by atomic mass is 32.1. The number of aromatic nitrogens is 3. The zero-order chi connectivity index (χ0) is 21.5. The molecule has 7 heteroatoms. The number of rotatable bonds is 3. The lowest BCUT2D eigenvalue weighted by molar-refractivity contribution is 0.103. The van der Waals surface area contributed by atoms with Gasteiger partial charge in [0.15, 0.2) is 0 Å². The number of aryl methyl sites for hydroxylation is 2. The Balaban J connectivity index is 1.50.